The lowest BCUT2D eigenvalue weighted by Gasteiger charge is -2.27. The van der Waals surface area contributed by atoms with E-state index in [0.29, 0.717) is 0 Å². The highest BCUT2D eigenvalue weighted by atomic mass is 32.2. The van der Waals surface area contributed by atoms with E-state index in [1.165, 1.54) is 21.9 Å². The molecule has 0 saturated carbocycles. The molecule has 2 heterocycles. The molecular weight excluding hydrogens is 482 g/mol. The number of hydrogen-bond donors (Lipinski definition) is 1. The fourth-order valence-electron chi connectivity index (χ4n) is 3.20. The molecule has 1 atom stereocenters. The lowest BCUT2D eigenvalue weighted by molar-refractivity contribution is -0.165. The Kier molecular flexibility index (Phi) is 7.34. The number of allylic oxidation sites excluding steroid dienone is 1. The van der Waals surface area contributed by atoms with Crippen molar-refractivity contribution in [2.24, 2.45) is 0 Å². The Hall–Kier alpha value is -2.96. The van der Waals surface area contributed by atoms with Gasteiger partial charge in [0.05, 0.1) is 29.4 Å². The Balaban J connectivity index is 1.67. The van der Waals surface area contributed by atoms with E-state index < -0.39 is 46.6 Å². The van der Waals surface area contributed by atoms with Crippen molar-refractivity contribution in [3.05, 3.63) is 35.1 Å². The molecule has 2 aliphatic rings. The molecule has 2 aliphatic heterocycles. The predicted molar refractivity (Wildman–Crippen MR) is 117 cm³/mol. The highest BCUT2D eigenvalue weighted by Gasteiger charge is 2.42. The predicted octanol–water partition coefficient (Wildman–Crippen LogP) is 4.20. The van der Waals surface area contributed by atoms with Gasteiger partial charge in [-0.1, -0.05) is 0 Å². The van der Waals surface area contributed by atoms with Crippen LogP contribution in [-0.4, -0.2) is 61.2 Å². The van der Waals surface area contributed by atoms with Gasteiger partial charge in [0.25, 0.3) is 5.78 Å². The molecule has 3 rings (SSSR count). The zero-order valence-electron chi connectivity index (χ0n) is 18.6. The van der Waals surface area contributed by atoms with Gasteiger partial charge in [0.15, 0.2) is 0 Å². The fourth-order valence-corrected chi connectivity index (χ4v) is 4.15. The van der Waals surface area contributed by atoms with Crippen LogP contribution in [0, 0.1) is 5.82 Å². The second kappa shape index (κ2) is 9.72. The molecule has 2 amide bonds. The molecule has 1 aromatic rings. The van der Waals surface area contributed by atoms with Crippen LogP contribution in [0.4, 0.5) is 38.5 Å². The molecule has 0 bridgehead atoms. The summed E-state index contributed by atoms with van der Waals surface area (Å²) >= 11 is 0.755. The minimum absolute atomic E-state index is 0.00995. The molecular formula is C21H23F4N3O5S. The highest BCUT2D eigenvalue weighted by molar-refractivity contribution is 8.04. The van der Waals surface area contributed by atoms with E-state index >= 15 is 0 Å². The number of halogens is 4. The van der Waals surface area contributed by atoms with Crippen molar-refractivity contribution in [3.8, 4) is 0 Å². The number of benzene rings is 1. The number of thioether (sulfide) groups is 1. The number of ether oxygens (including phenoxy) is 2. The van der Waals surface area contributed by atoms with Gasteiger partial charge in [-0.2, -0.15) is 13.2 Å². The van der Waals surface area contributed by atoms with Gasteiger partial charge in [0.1, 0.15) is 17.5 Å². The van der Waals surface area contributed by atoms with Crippen molar-refractivity contribution in [3.63, 3.8) is 0 Å². The molecule has 0 aromatic heterocycles. The number of carbonyl (C=O) groups excluding carboxylic acids is 3. The molecule has 0 radical (unpaired) electrons. The van der Waals surface area contributed by atoms with E-state index in [0.717, 1.165) is 24.0 Å². The monoisotopic (exact) mass is 505 g/mol. The summed E-state index contributed by atoms with van der Waals surface area (Å²) in [4.78, 5) is 37.4. The van der Waals surface area contributed by atoms with Gasteiger partial charge in [-0.25, -0.2) is 14.0 Å². The lowest BCUT2D eigenvalue weighted by Crippen LogP contribution is -2.38. The molecule has 186 valence electrons. The van der Waals surface area contributed by atoms with Gasteiger partial charge in [-0.15, -0.1) is 11.8 Å². The van der Waals surface area contributed by atoms with Gasteiger partial charge in [0, 0.05) is 18.5 Å². The Bertz CT molecular complexity index is 1010. The number of alkyl carbamates (subject to hydrolysis) is 1. The number of carbonyl (C=O) groups is 3. The van der Waals surface area contributed by atoms with Gasteiger partial charge in [0.2, 0.25) is 0 Å². The van der Waals surface area contributed by atoms with Crippen molar-refractivity contribution in [2.45, 2.75) is 38.7 Å². The molecule has 34 heavy (non-hydrogen) atoms. The average molecular weight is 505 g/mol. The summed E-state index contributed by atoms with van der Waals surface area (Å²) in [6.45, 7) is 5.34. The first-order chi connectivity index (χ1) is 15.7. The van der Waals surface area contributed by atoms with Crippen molar-refractivity contribution in [1.29, 1.82) is 0 Å². The quantitative estimate of drug-likeness (QED) is 0.600. The Morgan fingerprint density at radius 1 is 1.26 bits per heavy atom. The molecule has 1 N–H and O–H groups in total. The van der Waals surface area contributed by atoms with Crippen molar-refractivity contribution >= 4 is 41.1 Å². The van der Waals surface area contributed by atoms with Crippen LogP contribution in [0.5, 0.6) is 0 Å². The van der Waals surface area contributed by atoms with Crippen LogP contribution in [0.25, 0.3) is 0 Å². The third-order valence-electron chi connectivity index (χ3n) is 4.64. The second-order valence-corrected chi connectivity index (χ2v) is 9.63. The molecule has 0 spiro atoms. The van der Waals surface area contributed by atoms with Crippen LogP contribution < -0.4 is 15.1 Å². The number of Topliss-reactive ketones (excluding diaryl/α,β-unsaturated/α-hetero) is 1. The number of hydrogen-bond acceptors (Lipinski definition) is 7. The number of rotatable bonds is 5. The van der Waals surface area contributed by atoms with E-state index in [9.17, 15) is 31.9 Å². The molecule has 0 unspecified atom stereocenters. The van der Waals surface area contributed by atoms with Crippen LogP contribution in [0.2, 0.25) is 0 Å². The first-order valence-electron chi connectivity index (χ1n) is 10.2. The number of anilines is 2. The summed E-state index contributed by atoms with van der Waals surface area (Å²) in [7, 11) is 0. The fraction of sp³-hybridized carbons (Fsp3) is 0.476. The number of nitrogens with one attached hydrogen (secondary N) is 1. The molecule has 0 aliphatic carbocycles. The van der Waals surface area contributed by atoms with Crippen molar-refractivity contribution in [2.75, 3.05) is 35.2 Å². The SMILES string of the molecule is CC(C)(C)OC(=O)NC[C@H]1CN(c2ccc(N3C=C(C(=O)C(F)(F)F)SCC3)c(F)c2)C(=O)O1. The third-order valence-corrected chi connectivity index (χ3v) is 5.63. The summed E-state index contributed by atoms with van der Waals surface area (Å²) in [6, 6.07) is 3.79. The van der Waals surface area contributed by atoms with Crippen LogP contribution in [0.15, 0.2) is 29.3 Å². The number of cyclic esters (lactones) is 1. The number of ketones is 1. The number of nitrogens with zero attached hydrogens (tertiary/aromatic N) is 2. The standard InChI is InChI=1S/C21H23F4N3O5S/c1-20(2,3)33-18(30)26-9-13-10-28(19(31)32-13)12-4-5-15(14(22)8-12)27-6-7-34-16(11-27)17(29)21(23,24)25/h4-5,8,11,13H,6-7,9-10H2,1-3H3,(H,26,30)/t13-/m0/s1. The maximum atomic E-state index is 14.8. The maximum absolute atomic E-state index is 14.8. The van der Waals surface area contributed by atoms with E-state index in [4.69, 9.17) is 9.47 Å². The topological polar surface area (TPSA) is 88.2 Å². The highest BCUT2D eigenvalue weighted by Crippen LogP contribution is 2.34. The number of amides is 2. The van der Waals surface area contributed by atoms with Gasteiger partial charge in [-0.3, -0.25) is 9.69 Å². The van der Waals surface area contributed by atoms with Crippen LogP contribution in [0.1, 0.15) is 20.8 Å². The molecule has 1 saturated heterocycles. The summed E-state index contributed by atoms with van der Waals surface area (Å²) in [5.41, 5.74) is -0.551. The van der Waals surface area contributed by atoms with Crippen LogP contribution >= 0.6 is 11.8 Å². The summed E-state index contributed by atoms with van der Waals surface area (Å²) in [5, 5.41) is 2.50. The Morgan fingerprint density at radius 2 is 1.97 bits per heavy atom. The summed E-state index contributed by atoms with van der Waals surface area (Å²) in [6.07, 6.45) is -6.15. The Morgan fingerprint density at radius 3 is 2.59 bits per heavy atom. The van der Waals surface area contributed by atoms with E-state index in [-0.39, 0.29) is 36.8 Å². The molecule has 8 nitrogen and oxygen atoms in total. The zero-order chi connectivity index (χ0) is 25.3. The van der Waals surface area contributed by atoms with Crippen LogP contribution in [0.3, 0.4) is 0 Å². The summed E-state index contributed by atoms with van der Waals surface area (Å²) in [5.74, 6) is -2.60. The van der Waals surface area contributed by atoms with Gasteiger partial charge < -0.3 is 19.7 Å². The minimum Gasteiger partial charge on any atom is -0.444 e. The van der Waals surface area contributed by atoms with Crippen molar-refractivity contribution in [1.82, 2.24) is 5.32 Å². The summed E-state index contributed by atoms with van der Waals surface area (Å²) < 4.78 is 63.4. The van der Waals surface area contributed by atoms with Gasteiger partial charge >= 0.3 is 18.4 Å². The molecule has 1 fully saturated rings. The lowest BCUT2D eigenvalue weighted by atomic mass is 10.2. The van der Waals surface area contributed by atoms with E-state index in [2.05, 4.69) is 5.32 Å². The number of alkyl halides is 3. The zero-order valence-corrected chi connectivity index (χ0v) is 19.4. The third kappa shape index (κ3) is 6.33. The smallest absolute Gasteiger partial charge is 0.444 e. The second-order valence-electron chi connectivity index (χ2n) is 8.50. The van der Waals surface area contributed by atoms with E-state index in [1.54, 1.807) is 20.8 Å². The van der Waals surface area contributed by atoms with Gasteiger partial charge in [-0.05, 0) is 39.0 Å². The maximum Gasteiger partial charge on any atom is 0.455 e. The minimum atomic E-state index is -5.02. The molecule has 13 heteroatoms. The first-order valence-corrected chi connectivity index (χ1v) is 11.2. The average Bonchev–Trinajstić information content (AvgIpc) is 3.10. The largest absolute Gasteiger partial charge is 0.455 e. The Labute approximate surface area is 197 Å². The normalized spacial score (nSPS) is 19.0. The van der Waals surface area contributed by atoms with Crippen LogP contribution in [-0.2, 0) is 14.3 Å². The molecule has 1 aromatic carbocycles. The first kappa shape index (κ1) is 25.7. The van der Waals surface area contributed by atoms with Crippen molar-refractivity contribution < 1.29 is 41.4 Å². The van der Waals surface area contributed by atoms with E-state index in [1.807, 2.05) is 0 Å².